The Hall–Kier alpha value is -1.06. The summed E-state index contributed by atoms with van der Waals surface area (Å²) in [5, 5.41) is 12.2. The highest BCUT2D eigenvalue weighted by Gasteiger charge is 2.41. The molecule has 1 amide bonds. The van der Waals surface area contributed by atoms with Crippen LogP contribution in [0.2, 0.25) is 0 Å². The zero-order valence-electron chi connectivity index (χ0n) is 13.2. The monoisotopic (exact) mass is 283 g/mol. The van der Waals surface area contributed by atoms with Crippen LogP contribution in [0.25, 0.3) is 0 Å². The van der Waals surface area contributed by atoms with Crippen LogP contribution in [-0.2, 0) is 9.59 Å². The lowest BCUT2D eigenvalue weighted by Gasteiger charge is -2.20. The molecule has 0 radical (unpaired) electrons. The van der Waals surface area contributed by atoms with Crippen molar-refractivity contribution in [2.75, 3.05) is 0 Å². The van der Waals surface area contributed by atoms with Gasteiger partial charge in [0.2, 0.25) is 5.91 Å². The number of carbonyl (C=O) groups excluding carboxylic acids is 1. The first kappa shape index (κ1) is 17.0. The molecule has 1 fully saturated rings. The van der Waals surface area contributed by atoms with Crippen molar-refractivity contribution in [2.24, 2.45) is 23.7 Å². The highest BCUT2D eigenvalue weighted by molar-refractivity contribution is 5.85. The van der Waals surface area contributed by atoms with Gasteiger partial charge in [-0.3, -0.25) is 9.59 Å². The Labute approximate surface area is 122 Å². The van der Waals surface area contributed by atoms with Gasteiger partial charge in [0, 0.05) is 6.04 Å². The quantitative estimate of drug-likeness (QED) is 0.754. The SMILES string of the molecule is CC(C)CCCC(C)NC(=O)[C@H]1CC(C)C[C@H]1C(=O)O. The van der Waals surface area contributed by atoms with Crippen LogP contribution in [0.4, 0.5) is 0 Å². The predicted octanol–water partition coefficient (Wildman–Crippen LogP) is 3.06. The Kier molecular flexibility index (Phi) is 6.50. The summed E-state index contributed by atoms with van der Waals surface area (Å²) >= 11 is 0. The van der Waals surface area contributed by atoms with E-state index in [0.717, 1.165) is 12.8 Å². The zero-order chi connectivity index (χ0) is 15.3. The summed E-state index contributed by atoms with van der Waals surface area (Å²) in [5.74, 6) is -0.753. The first-order valence-electron chi connectivity index (χ1n) is 7.84. The minimum atomic E-state index is -0.832. The lowest BCUT2D eigenvalue weighted by atomic mass is 9.94. The van der Waals surface area contributed by atoms with E-state index >= 15 is 0 Å². The Morgan fingerprint density at radius 3 is 2.30 bits per heavy atom. The molecule has 4 heteroatoms. The van der Waals surface area contributed by atoms with Crippen LogP contribution in [0.1, 0.15) is 59.8 Å². The molecule has 0 aromatic carbocycles. The third-order valence-electron chi connectivity index (χ3n) is 4.26. The van der Waals surface area contributed by atoms with Crippen molar-refractivity contribution in [1.29, 1.82) is 0 Å². The van der Waals surface area contributed by atoms with Crippen molar-refractivity contribution in [3.63, 3.8) is 0 Å². The average Bonchev–Trinajstić information content (AvgIpc) is 2.71. The van der Waals surface area contributed by atoms with E-state index < -0.39 is 11.9 Å². The van der Waals surface area contributed by atoms with Crippen LogP contribution in [0.5, 0.6) is 0 Å². The molecular weight excluding hydrogens is 254 g/mol. The molecule has 1 aliphatic carbocycles. The second-order valence-electron chi connectivity index (χ2n) is 6.86. The highest BCUT2D eigenvalue weighted by Crippen LogP contribution is 2.36. The second kappa shape index (κ2) is 7.65. The molecule has 2 N–H and O–H groups in total. The first-order chi connectivity index (χ1) is 9.31. The van der Waals surface area contributed by atoms with E-state index in [1.165, 1.54) is 6.42 Å². The molecule has 0 heterocycles. The molecule has 4 atom stereocenters. The predicted molar refractivity (Wildman–Crippen MR) is 79.3 cm³/mol. The van der Waals surface area contributed by atoms with Crippen LogP contribution >= 0.6 is 0 Å². The molecule has 1 rings (SSSR count). The summed E-state index contributed by atoms with van der Waals surface area (Å²) in [6.07, 6.45) is 4.54. The van der Waals surface area contributed by atoms with Crippen LogP contribution in [0.15, 0.2) is 0 Å². The zero-order valence-corrected chi connectivity index (χ0v) is 13.2. The van der Waals surface area contributed by atoms with Gasteiger partial charge in [-0.2, -0.15) is 0 Å². The number of hydrogen-bond donors (Lipinski definition) is 2. The van der Waals surface area contributed by atoms with Crippen LogP contribution in [0.3, 0.4) is 0 Å². The summed E-state index contributed by atoms with van der Waals surface area (Å²) < 4.78 is 0. The molecule has 0 bridgehead atoms. The largest absolute Gasteiger partial charge is 0.481 e. The second-order valence-corrected chi connectivity index (χ2v) is 6.86. The number of aliphatic carboxylic acids is 1. The van der Waals surface area contributed by atoms with Crippen molar-refractivity contribution in [2.45, 2.75) is 65.8 Å². The number of nitrogens with one attached hydrogen (secondary N) is 1. The number of carboxylic acid groups (broad SMARTS) is 1. The first-order valence-corrected chi connectivity index (χ1v) is 7.84. The smallest absolute Gasteiger partial charge is 0.307 e. The lowest BCUT2D eigenvalue weighted by molar-refractivity contribution is -0.146. The fourth-order valence-corrected chi connectivity index (χ4v) is 3.11. The molecule has 1 saturated carbocycles. The van der Waals surface area contributed by atoms with Crippen molar-refractivity contribution >= 4 is 11.9 Å². The number of rotatable bonds is 7. The Morgan fingerprint density at radius 2 is 1.75 bits per heavy atom. The van der Waals surface area contributed by atoms with Crippen LogP contribution < -0.4 is 5.32 Å². The molecule has 0 aromatic heterocycles. The van der Waals surface area contributed by atoms with Gasteiger partial charge in [-0.05, 0) is 38.0 Å². The third-order valence-corrected chi connectivity index (χ3v) is 4.26. The van der Waals surface area contributed by atoms with Crippen molar-refractivity contribution in [1.82, 2.24) is 5.32 Å². The molecule has 20 heavy (non-hydrogen) atoms. The van der Waals surface area contributed by atoms with Gasteiger partial charge in [-0.15, -0.1) is 0 Å². The van der Waals surface area contributed by atoms with Gasteiger partial charge >= 0.3 is 5.97 Å². The van der Waals surface area contributed by atoms with Gasteiger partial charge in [0.25, 0.3) is 0 Å². The van der Waals surface area contributed by atoms with Gasteiger partial charge < -0.3 is 10.4 Å². The summed E-state index contributed by atoms with van der Waals surface area (Å²) in [6.45, 7) is 8.42. The third kappa shape index (κ3) is 5.14. The molecule has 116 valence electrons. The number of carboxylic acids is 1. The maximum absolute atomic E-state index is 12.2. The summed E-state index contributed by atoms with van der Waals surface area (Å²) in [5.41, 5.74) is 0. The maximum Gasteiger partial charge on any atom is 0.307 e. The van der Waals surface area contributed by atoms with Gasteiger partial charge in [-0.25, -0.2) is 0 Å². The van der Waals surface area contributed by atoms with E-state index in [1.807, 2.05) is 13.8 Å². The normalized spacial score (nSPS) is 27.6. The number of carbonyl (C=O) groups is 2. The molecule has 4 nitrogen and oxygen atoms in total. The minimum absolute atomic E-state index is 0.0706. The fourth-order valence-electron chi connectivity index (χ4n) is 3.11. The average molecular weight is 283 g/mol. The van der Waals surface area contributed by atoms with E-state index in [0.29, 0.717) is 24.7 Å². The van der Waals surface area contributed by atoms with Gasteiger partial charge in [0.05, 0.1) is 11.8 Å². The molecule has 2 unspecified atom stereocenters. The fraction of sp³-hybridized carbons (Fsp3) is 0.875. The number of hydrogen-bond acceptors (Lipinski definition) is 2. The van der Waals surface area contributed by atoms with E-state index in [2.05, 4.69) is 19.2 Å². The maximum atomic E-state index is 12.2. The summed E-state index contributed by atoms with van der Waals surface area (Å²) in [4.78, 5) is 23.5. The van der Waals surface area contributed by atoms with Crippen molar-refractivity contribution < 1.29 is 14.7 Å². The Morgan fingerprint density at radius 1 is 1.15 bits per heavy atom. The van der Waals surface area contributed by atoms with Crippen LogP contribution in [-0.4, -0.2) is 23.0 Å². The summed E-state index contributed by atoms with van der Waals surface area (Å²) in [6, 6.07) is 0.131. The van der Waals surface area contributed by atoms with Gasteiger partial charge in [0.15, 0.2) is 0 Å². The molecular formula is C16H29NO3. The van der Waals surface area contributed by atoms with Gasteiger partial charge in [-0.1, -0.05) is 33.6 Å². The van der Waals surface area contributed by atoms with Crippen LogP contribution in [0, 0.1) is 23.7 Å². The standard InChI is InChI=1S/C16H29NO3/c1-10(2)6-5-7-12(4)17-15(18)13-8-11(3)9-14(13)16(19)20/h10-14H,5-9H2,1-4H3,(H,17,18)(H,19,20)/t11?,12?,13-,14+/m0/s1. The van der Waals surface area contributed by atoms with Crippen molar-refractivity contribution in [3.8, 4) is 0 Å². The Bertz CT molecular complexity index is 341. The molecule has 0 aliphatic heterocycles. The van der Waals surface area contributed by atoms with Gasteiger partial charge in [0.1, 0.15) is 0 Å². The molecule has 1 aliphatic rings. The Balaban J connectivity index is 2.43. The van der Waals surface area contributed by atoms with E-state index in [4.69, 9.17) is 0 Å². The molecule has 0 saturated heterocycles. The highest BCUT2D eigenvalue weighted by atomic mass is 16.4. The molecule has 0 spiro atoms. The lowest BCUT2D eigenvalue weighted by Crippen LogP contribution is -2.40. The summed E-state index contributed by atoms with van der Waals surface area (Å²) in [7, 11) is 0. The van der Waals surface area contributed by atoms with E-state index in [9.17, 15) is 14.7 Å². The van der Waals surface area contributed by atoms with Crippen molar-refractivity contribution in [3.05, 3.63) is 0 Å². The topological polar surface area (TPSA) is 66.4 Å². The minimum Gasteiger partial charge on any atom is -0.481 e. The van der Waals surface area contributed by atoms with E-state index in [1.54, 1.807) is 0 Å². The number of amides is 1. The molecule has 0 aromatic rings. The van der Waals surface area contributed by atoms with E-state index in [-0.39, 0.29) is 17.9 Å².